The standard InChI is InChI=1S/C12H14FNO5S2/c1-19-12(15)10-3-2-9(13)8-11(10)21(17,18)14-4-6-20(16)7-5-14/h2-3,8H,4-7H2,1H3. The minimum Gasteiger partial charge on any atom is -0.465 e. The summed E-state index contributed by atoms with van der Waals surface area (Å²) < 4.78 is 55.4. The molecule has 9 heteroatoms. The van der Waals surface area contributed by atoms with Crippen molar-refractivity contribution in [3.05, 3.63) is 29.6 Å². The average molecular weight is 335 g/mol. The lowest BCUT2D eigenvalue weighted by atomic mass is 10.2. The Hall–Kier alpha value is -1.32. The van der Waals surface area contributed by atoms with Crippen LogP contribution in [0.4, 0.5) is 4.39 Å². The van der Waals surface area contributed by atoms with Gasteiger partial charge in [-0.2, -0.15) is 4.31 Å². The van der Waals surface area contributed by atoms with Crippen LogP contribution in [0, 0.1) is 5.82 Å². The van der Waals surface area contributed by atoms with E-state index in [1.54, 1.807) is 0 Å². The van der Waals surface area contributed by atoms with E-state index in [-0.39, 0.29) is 30.2 Å². The Labute approximate surface area is 124 Å². The normalized spacial score (nSPS) is 17.6. The number of rotatable bonds is 3. The molecule has 0 N–H and O–H groups in total. The molecule has 1 heterocycles. The fourth-order valence-corrected chi connectivity index (χ4v) is 4.90. The lowest BCUT2D eigenvalue weighted by molar-refractivity contribution is 0.0596. The van der Waals surface area contributed by atoms with Gasteiger partial charge in [0.2, 0.25) is 10.0 Å². The Kier molecular flexibility index (Phi) is 4.74. The highest BCUT2D eigenvalue weighted by Crippen LogP contribution is 2.23. The van der Waals surface area contributed by atoms with Crippen molar-refractivity contribution < 1.29 is 26.5 Å². The van der Waals surface area contributed by atoms with Crippen molar-refractivity contribution in [2.45, 2.75) is 4.90 Å². The zero-order valence-corrected chi connectivity index (χ0v) is 12.9. The second-order valence-corrected chi connectivity index (χ2v) is 7.99. The summed E-state index contributed by atoms with van der Waals surface area (Å²) in [6.07, 6.45) is 0. The zero-order valence-electron chi connectivity index (χ0n) is 11.2. The molecule has 1 aliphatic heterocycles. The van der Waals surface area contributed by atoms with Crippen LogP contribution in [0.25, 0.3) is 0 Å². The van der Waals surface area contributed by atoms with Gasteiger partial charge in [0.15, 0.2) is 0 Å². The number of nitrogens with zero attached hydrogens (tertiary/aromatic N) is 1. The Bertz CT molecular complexity index is 679. The van der Waals surface area contributed by atoms with Crippen LogP contribution in [-0.4, -0.2) is 54.6 Å². The summed E-state index contributed by atoms with van der Waals surface area (Å²) >= 11 is 0. The predicted molar refractivity (Wildman–Crippen MR) is 74.4 cm³/mol. The molecule has 0 aliphatic carbocycles. The van der Waals surface area contributed by atoms with Gasteiger partial charge in [0.1, 0.15) is 5.82 Å². The molecule has 0 aromatic heterocycles. The number of carbonyl (C=O) groups is 1. The van der Waals surface area contributed by atoms with Crippen LogP contribution in [-0.2, 0) is 25.6 Å². The van der Waals surface area contributed by atoms with Crippen molar-refractivity contribution in [2.75, 3.05) is 31.7 Å². The molecule has 0 saturated carbocycles. The quantitative estimate of drug-likeness (QED) is 0.745. The maximum atomic E-state index is 13.4. The summed E-state index contributed by atoms with van der Waals surface area (Å²) in [5.74, 6) is -1.17. The van der Waals surface area contributed by atoms with Crippen LogP contribution in [0.5, 0.6) is 0 Å². The molecule has 6 nitrogen and oxygen atoms in total. The molecule has 1 aromatic carbocycles. The molecule has 1 aliphatic rings. The predicted octanol–water partition coefficient (Wildman–Crippen LogP) is 0.365. The first-order chi connectivity index (χ1) is 9.86. The van der Waals surface area contributed by atoms with E-state index in [0.29, 0.717) is 0 Å². The molecule has 0 bridgehead atoms. The highest BCUT2D eigenvalue weighted by Gasteiger charge is 2.32. The molecule has 1 fully saturated rings. The summed E-state index contributed by atoms with van der Waals surface area (Å²) in [4.78, 5) is 11.2. The van der Waals surface area contributed by atoms with Crippen LogP contribution >= 0.6 is 0 Å². The molecule has 0 amide bonds. The number of ether oxygens (including phenoxy) is 1. The Morgan fingerprint density at radius 1 is 1.33 bits per heavy atom. The molecular formula is C12H14FNO5S2. The minimum atomic E-state index is -4.04. The van der Waals surface area contributed by atoms with Crippen LogP contribution in [0.2, 0.25) is 0 Å². The van der Waals surface area contributed by atoms with Crippen molar-refractivity contribution in [1.82, 2.24) is 4.31 Å². The van der Waals surface area contributed by atoms with Crippen LogP contribution < -0.4 is 0 Å². The molecule has 0 atom stereocenters. The van der Waals surface area contributed by atoms with Crippen LogP contribution in [0.3, 0.4) is 0 Å². The molecule has 116 valence electrons. The van der Waals surface area contributed by atoms with Gasteiger partial charge in [0, 0.05) is 35.4 Å². The smallest absolute Gasteiger partial charge is 0.339 e. The first-order valence-corrected chi connectivity index (χ1v) is 9.02. The maximum absolute atomic E-state index is 13.4. The van der Waals surface area contributed by atoms with Gasteiger partial charge in [0.25, 0.3) is 0 Å². The lowest BCUT2D eigenvalue weighted by Gasteiger charge is -2.26. The van der Waals surface area contributed by atoms with E-state index in [1.807, 2.05) is 0 Å². The van der Waals surface area contributed by atoms with Crippen LogP contribution in [0.15, 0.2) is 23.1 Å². The molecule has 1 aromatic rings. The van der Waals surface area contributed by atoms with Crippen molar-refractivity contribution in [2.24, 2.45) is 0 Å². The molecule has 0 radical (unpaired) electrons. The third-order valence-corrected chi connectivity index (χ3v) is 6.32. The molecular weight excluding hydrogens is 321 g/mol. The lowest BCUT2D eigenvalue weighted by Crippen LogP contribution is -2.42. The largest absolute Gasteiger partial charge is 0.465 e. The number of hydrogen-bond donors (Lipinski definition) is 0. The molecule has 21 heavy (non-hydrogen) atoms. The number of hydrogen-bond acceptors (Lipinski definition) is 5. The van der Waals surface area contributed by atoms with Gasteiger partial charge < -0.3 is 4.74 Å². The highest BCUT2D eigenvalue weighted by atomic mass is 32.2. The molecule has 0 spiro atoms. The number of halogens is 1. The zero-order chi connectivity index (χ0) is 15.6. The van der Waals surface area contributed by atoms with Gasteiger partial charge >= 0.3 is 5.97 Å². The Balaban J connectivity index is 2.46. The average Bonchev–Trinajstić information content (AvgIpc) is 2.47. The second-order valence-electron chi connectivity index (χ2n) is 4.38. The van der Waals surface area contributed by atoms with Gasteiger partial charge in [-0.05, 0) is 18.2 Å². The monoisotopic (exact) mass is 335 g/mol. The number of carbonyl (C=O) groups excluding carboxylic acids is 1. The van der Waals surface area contributed by atoms with Gasteiger partial charge in [-0.3, -0.25) is 4.21 Å². The fraction of sp³-hybridized carbons (Fsp3) is 0.417. The maximum Gasteiger partial charge on any atom is 0.339 e. The van der Waals surface area contributed by atoms with E-state index >= 15 is 0 Å². The van der Waals surface area contributed by atoms with E-state index in [9.17, 15) is 21.8 Å². The minimum absolute atomic E-state index is 0.0755. The van der Waals surface area contributed by atoms with E-state index in [2.05, 4.69) is 4.74 Å². The van der Waals surface area contributed by atoms with E-state index in [4.69, 9.17) is 0 Å². The summed E-state index contributed by atoms with van der Waals surface area (Å²) in [5.41, 5.74) is -0.217. The Morgan fingerprint density at radius 3 is 2.52 bits per heavy atom. The first kappa shape index (κ1) is 16.1. The molecule has 2 rings (SSSR count). The number of methoxy groups -OCH3 is 1. The molecule has 0 unspecified atom stereocenters. The summed E-state index contributed by atoms with van der Waals surface area (Å²) in [6, 6.07) is 2.87. The van der Waals surface area contributed by atoms with Gasteiger partial charge in [0.05, 0.1) is 17.6 Å². The fourth-order valence-electron chi connectivity index (χ4n) is 1.99. The summed E-state index contributed by atoms with van der Waals surface area (Å²) in [7, 11) is -3.96. The summed E-state index contributed by atoms with van der Waals surface area (Å²) in [5, 5.41) is 0. The number of benzene rings is 1. The van der Waals surface area contributed by atoms with Gasteiger partial charge in [-0.25, -0.2) is 17.6 Å². The highest BCUT2D eigenvalue weighted by molar-refractivity contribution is 7.89. The number of sulfonamides is 1. The van der Waals surface area contributed by atoms with E-state index in [0.717, 1.165) is 29.6 Å². The molecule has 1 saturated heterocycles. The first-order valence-electron chi connectivity index (χ1n) is 6.09. The van der Waals surface area contributed by atoms with Crippen molar-refractivity contribution in [3.63, 3.8) is 0 Å². The van der Waals surface area contributed by atoms with Gasteiger partial charge in [-0.15, -0.1) is 0 Å². The summed E-state index contributed by atoms with van der Waals surface area (Å²) in [6.45, 7) is 0.151. The van der Waals surface area contributed by atoms with Crippen LogP contribution in [0.1, 0.15) is 10.4 Å². The third-order valence-electron chi connectivity index (χ3n) is 3.10. The van der Waals surface area contributed by atoms with Crippen molar-refractivity contribution in [1.29, 1.82) is 0 Å². The van der Waals surface area contributed by atoms with Gasteiger partial charge in [-0.1, -0.05) is 0 Å². The number of esters is 1. The third kappa shape index (κ3) is 3.30. The van der Waals surface area contributed by atoms with E-state index in [1.165, 1.54) is 0 Å². The van der Waals surface area contributed by atoms with Crippen molar-refractivity contribution >= 4 is 26.8 Å². The topological polar surface area (TPSA) is 80.8 Å². The second kappa shape index (κ2) is 6.20. The Morgan fingerprint density at radius 2 is 1.95 bits per heavy atom. The van der Waals surface area contributed by atoms with Crippen molar-refractivity contribution in [3.8, 4) is 0 Å². The SMILES string of the molecule is COC(=O)c1ccc(F)cc1S(=O)(=O)N1CCS(=O)CC1. The van der Waals surface area contributed by atoms with E-state index < -0.39 is 37.5 Å².